The lowest BCUT2D eigenvalue weighted by atomic mass is 9.95. The van der Waals surface area contributed by atoms with Gasteiger partial charge in [0.2, 0.25) is 5.91 Å². The molecule has 0 atom stereocenters. The number of nitrogens with one attached hydrogen (secondary N) is 1. The summed E-state index contributed by atoms with van der Waals surface area (Å²) in [6, 6.07) is 16.9. The number of carbonyl (C=O) groups excluding carboxylic acids is 2. The van der Waals surface area contributed by atoms with Crippen LogP contribution in [0.25, 0.3) is 11.3 Å². The van der Waals surface area contributed by atoms with Crippen molar-refractivity contribution in [2.75, 3.05) is 18.4 Å². The number of anilines is 1. The first-order valence-corrected chi connectivity index (χ1v) is 11.7. The van der Waals surface area contributed by atoms with Crippen LogP contribution in [0.15, 0.2) is 54.6 Å². The third kappa shape index (κ3) is 4.97. The summed E-state index contributed by atoms with van der Waals surface area (Å²) in [4.78, 5) is 33.1. The van der Waals surface area contributed by atoms with Crippen molar-refractivity contribution in [3.05, 3.63) is 70.1 Å². The molecular weight excluding hydrogens is 430 g/mol. The number of thiazole rings is 1. The minimum atomic E-state index is -0.122. The van der Waals surface area contributed by atoms with E-state index in [0.29, 0.717) is 41.6 Å². The second-order valence-corrected chi connectivity index (χ2v) is 9.09. The Hall–Kier alpha value is -2.70. The highest BCUT2D eigenvalue weighted by Crippen LogP contribution is 2.32. The SMILES string of the molecule is CCc1sc(NC(=O)C2CCN(C(=O)c3ccc(Cl)cc3)CC2)nc1-c1ccccc1. The number of likely N-dealkylation sites (tertiary alicyclic amines) is 1. The number of halogens is 1. The highest BCUT2D eigenvalue weighted by atomic mass is 35.5. The fourth-order valence-electron chi connectivity index (χ4n) is 3.79. The molecule has 1 N–H and O–H groups in total. The normalized spacial score (nSPS) is 14.5. The van der Waals surface area contributed by atoms with Crippen molar-refractivity contribution < 1.29 is 9.59 Å². The molecule has 3 aromatic rings. The fourth-order valence-corrected chi connectivity index (χ4v) is 4.85. The molecule has 0 spiro atoms. The molecule has 4 rings (SSSR count). The van der Waals surface area contributed by atoms with E-state index in [9.17, 15) is 9.59 Å². The molecule has 0 unspecified atom stereocenters. The monoisotopic (exact) mass is 453 g/mol. The van der Waals surface area contributed by atoms with Gasteiger partial charge in [0.15, 0.2) is 5.13 Å². The van der Waals surface area contributed by atoms with Crippen LogP contribution < -0.4 is 5.32 Å². The largest absolute Gasteiger partial charge is 0.339 e. The maximum Gasteiger partial charge on any atom is 0.253 e. The van der Waals surface area contributed by atoms with Gasteiger partial charge in [0, 0.05) is 40.0 Å². The summed E-state index contributed by atoms with van der Waals surface area (Å²) in [7, 11) is 0. The molecule has 1 aromatic heterocycles. The van der Waals surface area contributed by atoms with Crippen LogP contribution in [-0.2, 0) is 11.2 Å². The van der Waals surface area contributed by atoms with Crippen molar-refractivity contribution in [3.63, 3.8) is 0 Å². The molecule has 2 amide bonds. The van der Waals surface area contributed by atoms with Crippen LogP contribution >= 0.6 is 22.9 Å². The Morgan fingerprint density at radius 3 is 2.42 bits per heavy atom. The number of rotatable bonds is 5. The molecule has 2 aromatic carbocycles. The van der Waals surface area contributed by atoms with E-state index in [1.54, 1.807) is 29.2 Å². The second kappa shape index (κ2) is 9.62. The lowest BCUT2D eigenvalue weighted by Crippen LogP contribution is -2.41. The van der Waals surface area contributed by atoms with E-state index in [1.807, 2.05) is 30.3 Å². The van der Waals surface area contributed by atoms with Gasteiger partial charge < -0.3 is 10.2 Å². The van der Waals surface area contributed by atoms with Crippen LogP contribution in [-0.4, -0.2) is 34.8 Å². The Balaban J connectivity index is 1.37. The van der Waals surface area contributed by atoms with Gasteiger partial charge in [-0.2, -0.15) is 0 Å². The molecule has 5 nitrogen and oxygen atoms in total. The topological polar surface area (TPSA) is 62.3 Å². The number of hydrogen-bond donors (Lipinski definition) is 1. The Kier molecular flexibility index (Phi) is 6.68. The highest BCUT2D eigenvalue weighted by Gasteiger charge is 2.28. The van der Waals surface area contributed by atoms with Crippen molar-refractivity contribution in [3.8, 4) is 11.3 Å². The minimum Gasteiger partial charge on any atom is -0.339 e. The summed E-state index contributed by atoms with van der Waals surface area (Å²) in [5.41, 5.74) is 2.62. The first-order chi connectivity index (χ1) is 15.0. The van der Waals surface area contributed by atoms with E-state index in [0.717, 1.165) is 22.6 Å². The Bertz CT molecular complexity index is 1060. The second-order valence-electron chi connectivity index (χ2n) is 7.57. The van der Waals surface area contributed by atoms with Gasteiger partial charge in [0.1, 0.15) is 0 Å². The number of aryl methyl sites for hydroxylation is 1. The van der Waals surface area contributed by atoms with Crippen molar-refractivity contribution in [1.29, 1.82) is 0 Å². The van der Waals surface area contributed by atoms with Crippen LogP contribution in [0.3, 0.4) is 0 Å². The number of amides is 2. The van der Waals surface area contributed by atoms with E-state index >= 15 is 0 Å². The van der Waals surface area contributed by atoms with Crippen LogP contribution in [0.5, 0.6) is 0 Å². The summed E-state index contributed by atoms with van der Waals surface area (Å²) >= 11 is 7.44. The molecule has 2 heterocycles. The van der Waals surface area contributed by atoms with Crippen LogP contribution in [0, 0.1) is 5.92 Å². The lowest BCUT2D eigenvalue weighted by molar-refractivity contribution is -0.121. The first-order valence-electron chi connectivity index (χ1n) is 10.5. The molecule has 1 aliphatic rings. The summed E-state index contributed by atoms with van der Waals surface area (Å²) in [6.07, 6.45) is 2.15. The third-order valence-corrected chi connectivity index (χ3v) is 6.91. The van der Waals surface area contributed by atoms with Gasteiger partial charge in [-0.05, 0) is 43.5 Å². The molecule has 7 heteroatoms. The van der Waals surface area contributed by atoms with Gasteiger partial charge in [-0.25, -0.2) is 4.98 Å². The number of carbonyl (C=O) groups is 2. The van der Waals surface area contributed by atoms with Gasteiger partial charge in [-0.15, -0.1) is 11.3 Å². The number of hydrogen-bond acceptors (Lipinski definition) is 4. The van der Waals surface area contributed by atoms with Gasteiger partial charge in [-0.1, -0.05) is 48.9 Å². The first kappa shape index (κ1) is 21.5. The Morgan fingerprint density at radius 1 is 1.10 bits per heavy atom. The number of aromatic nitrogens is 1. The zero-order valence-corrected chi connectivity index (χ0v) is 18.9. The highest BCUT2D eigenvalue weighted by molar-refractivity contribution is 7.16. The van der Waals surface area contributed by atoms with Gasteiger partial charge in [0.05, 0.1) is 5.69 Å². The summed E-state index contributed by atoms with van der Waals surface area (Å²) in [5, 5.41) is 4.26. The molecule has 1 fully saturated rings. The predicted octanol–water partition coefficient (Wildman–Crippen LogP) is 5.52. The van der Waals surface area contributed by atoms with Crippen molar-refractivity contribution >= 4 is 39.9 Å². The fraction of sp³-hybridized carbons (Fsp3) is 0.292. The molecule has 0 radical (unpaired) electrons. The molecular formula is C24H24ClN3O2S. The van der Waals surface area contributed by atoms with Gasteiger partial charge >= 0.3 is 0 Å². The van der Waals surface area contributed by atoms with Gasteiger partial charge in [-0.3, -0.25) is 9.59 Å². The number of benzene rings is 2. The Labute approximate surface area is 191 Å². The maximum absolute atomic E-state index is 12.8. The molecule has 1 saturated heterocycles. The Morgan fingerprint density at radius 2 is 1.77 bits per heavy atom. The third-order valence-electron chi connectivity index (χ3n) is 5.54. The van der Waals surface area contributed by atoms with Gasteiger partial charge in [0.25, 0.3) is 5.91 Å². The van der Waals surface area contributed by atoms with Crippen LogP contribution in [0.4, 0.5) is 5.13 Å². The molecule has 0 aliphatic carbocycles. The number of nitrogens with zero attached hydrogens (tertiary/aromatic N) is 2. The molecule has 0 saturated carbocycles. The van der Waals surface area contributed by atoms with Crippen molar-refractivity contribution in [2.45, 2.75) is 26.2 Å². The van der Waals surface area contributed by atoms with E-state index in [1.165, 1.54) is 11.3 Å². The zero-order valence-electron chi connectivity index (χ0n) is 17.3. The summed E-state index contributed by atoms with van der Waals surface area (Å²) in [5.74, 6) is -0.159. The zero-order chi connectivity index (χ0) is 21.8. The quantitative estimate of drug-likeness (QED) is 0.553. The van der Waals surface area contributed by atoms with Crippen LogP contribution in [0.1, 0.15) is 35.0 Å². The number of piperidine rings is 1. The smallest absolute Gasteiger partial charge is 0.253 e. The standard InChI is InChI=1S/C24H24ClN3O2S/c1-2-20-21(16-6-4-3-5-7-16)26-24(31-20)27-22(29)17-12-14-28(15-13-17)23(30)18-8-10-19(25)11-9-18/h3-11,17H,2,12-15H2,1H3,(H,26,27,29). The molecule has 1 aliphatic heterocycles. The lowest BCUT2D eigenvalue weighted by Gasteiger charge is -2.31. The molecule has 160 valence electrons. The summed E-state index contributed by atoms with van der Waals surface area (Å²) < 4.78 is 0. The predicted molar refractivity (Wildman–Crippen MR) is 126 cm³/mol. The van der Waals surface area contributed by atoms with Crippen molar-refractivity contribution in [2.24, 2.45) is 5.92 Å². The van der Waals surface area contributed by atoms with E-state index in [-0.39, 0.29) is 17.7 Å². The van der Waals surface area contributed by atoms with E-state index in [4.69, 9.17) is 11.6 Å². The van der Waals surface area contributed by atoms with Crippen LogP contribution in [0.2, 0.25) is 5.02 Å². The van der Waals surface area contributed by atoms with E-state index < -0.39 is 0 Å². The minimum absolute atomic E-state index is 0.0180. The average Bonchev–Trinajstić information content (AvgIpc) is 3.22. The summed E-state index contributed by atoms with van der Waals surface area (Å²) in [6.45, 7) is 3.22. The molecule has 0 bridgehead atoms. The molecule has 31 heavy (non-hydrogen) atoms. The average molecular weight is 454 g/mol. The van der Waals surface area contributed by atoms with Crippen molar-refractivity contribution in [1.82, 2.24) is 9.88 Å². The maximum atomic E-state index is 12.8. The van der Waals surface area contributed by atoms with E-state index in [2.05, 4.69) is 17.2 Å².